The minimum Gasteiger partial charge on any atom is -0.464 e. The average Bonchev–Trinajstić information content (AvgIpc) is 2.70. The highest BCUT2D eigenvalue weighted by Crippen LogP contribution is 2.45. The number of nitrogens with one attached hydrogen (secondary N) is 1. The first-order valence-electron chi connectivity index (χ1n) is 4.35. The highest BCUT2D eigenvalue weighted by molar-refractivity contribution is 5.86. The van der Waals surface area contributed by atoms with Gasteiger partial charge in [0.2, 0.25) is 0 Å². The molecule has 70 valence electrons. The molecule has 0 aromatic carbocycles. The fourth-order valence-electron chi connectivity index (χ4n) is 1.44. The molecule has 2 atom stereocenters. The maximum atomic E-state index is 11.1. The van der Waals surface area contributed by atoms with Crippen LogP contribution in [0.25, 0.3) is 0 Å². The molecule has 0 aliphatic heterocycles. The van der Waals surface area contributed by atoms with Gasteiger partial charge in [-0.3, -0.25) is 0 Å². The van der Waals surface area contributed by atoms with Crippen molar-refractivity contribution in [2.75, 3.05) is 7.11 Å². The molecule has 2 rings (SSSR count). The molecule has 0 radical (unpaired) electrons. The van der Waals surface area contributed by atoms with E-state index in [0.717, 1.165) is 12.2 Å². The first kappa shape index (κ1) is 8.29. The van der Waals surface area contributed by atoms with Crippen LogP contribution in [-0.4, -0.2) is 23.0 Å². The van der Waals surface area contributed by atoms with Crippen molar-refractivity contribution in [3.63, 3.8) is 0 Å². The third-order valence-corrected chi connectivity index (χ3v) is 2.46. The molecule has 1 aliphatic carbocycles. The number of esters is 1. The fraction of sp³-hybridized carbons (Fsp3) is 0.556. The molecule has 2 unspecified atom stereocenters. The lowest BCUT2D eigenvalue weighted by molar-refractivity contribution is 0.0594. The highest BCUT2D eigenvalue weighted by Gasteiger charge is 2.36. The van der Waals surface area contributed by atoms with Crippen molar-refractivity contribution in [2.24, 2.45) is 5.92 Å². The predicted octanol–water partition coefficient (Wildman–Crippen LogP) is 1.32. The molecule has 0 saturated heterocycles. The molecule has 1 heterocycles. The SMILES string of the molecule is COC(=O)c1cnc(C2CC2C)[nH]1. The van der Waals surface area contributed by atoms with Crippen LogP contribution in [0.3, 0.4) is 0 Å². The summed E-state index contributed by atoms with van der Waals surface area (Å²) in [6.45, 7) is 2.17. The molecule has 0 bridgehead atoms. The molecule has 1 aromatic rings. The second-order valence-corrected chi connectivity index (χ2v) is 3.49. The summed E-state index contributed by atoms with van der Waals surface area (Å²) in [6, 6.07) is 0. The number of ether oxygens (including phenoxy) is 1. The van der Waals surface area contributed by atoms with E-state index in [9.17, 15) is 4.79 Å². The van der Waals surface area contributed by atoms with Crippen molar-refractivity contribution >= 4 is 5.97 Å². The van der Waals surface area contributed by atoms with E-state index < -0.39 is 0 Å². The maximum absolute atomic E-state index is 11.1. The van der Waals surface area contributed by atoms with Crippen molar-refractivity contribution in [1.29, 1.82) is 0 Å². The van der Waals surface area contributed by atoms with Gasteiger partial charge in [-0.25, -0.2) is 9.78 Å². The molecular weight excluding hydrogens is 168 g/mol. The van der Waals surface area contributed by atoms with Gasteiger partial charge in [-0.2, -0.15) is 0 Å². The number of methoxy groups -OCH3 is 1. The van der Waals surface area contributed by atoms with Gasteiger partial charge in [0, 0.05) is 5.92 Å². The standard InChI is InChI=1S/C9H12N2O2/c1-5-3-6(5)8-10-4-7(11-8)9(12)13-2/h4-6H,3H2,1-2H3,(H,10,11). The number of carbonyl (C=O) groups is 1. The van der Waals surface area contributed by atoms with Crippen LogP contribution < -0.4 is 0 Å². The second kappa shape index (κ2) is 2.87. The minimum atomic E-state index is -0.355. The number of aromatic amines is 1. The van der Waals surface area contributed by atoms with Gasteiger partial charge in [0.25, 0.3) is 0 Å². The maximum Gasteiger partial charge on any atom is 0.356 e. The predicted molar refractivity (Wildman–Crippen MR) is 46.4 cm³/mol. The number of H-pyrrole nitrogens is 1. The molecule has 1 N–H and O–H groups in total. The Hall–Kier alpha value is -1.32. The van der Waals surface area contributed by atoms with Crippen molar-refractivity contribution in [1.82, 2.24) is 9.97 Å². The van der Waals surface area contributed by atoms with Crippen molar-refractivity contribution in [3.05, 3.63) is 17.7 Å². The number of carbonyl (C=O) groups excluding carboxylic acids is 1. The average molecular weight is 180 g/mol. The molecule has 4 nitrogen and oxygen atoms in total. The molecule has 1 fully saturated rings. The topological polar surface area (TPSA) is 55.0 Å². The Labute approximate surface area is 76.3 Å². The Morgan fingerprint density at radius 2 is 2.46 bits per heavy atom. The lowest BCUT2D eigenvalue weighted by Crippen LogP contribution is -2.01. The van der Waals surface area contributed by atoms with Crippen molar-refractivity contribution in [2.45, 2.75) is 19.3 Å². The zero-order valence-electron chi connectivity index (χ0n) is 7.70. The summed E-state index contributed by atoms with van der Waals surface area (Å²) < 4.78 is 4.57. The molecule has 0 amide bonds. The number of nitrogens with zero attached hydrogens (tertiary/aromatic N) is 1. The van der Waals surface area contributed by atoms with Gasteiger partial charge >= 0.3 is 5.97 Å². The van der Waals surface area contributed by atoms with Crippen LogP contribution in [0.5, 0.6) is 0 Å². The lowest BCUT2D eigenvalue weighted by atomic mass is 10.3. The number of hydrogen-bond acceptors (Lipinski definition) is 3. The molecule has 1 saturated carbocycles. The zero-order chi connectivity index (χ0) is 9.42. The van der Waals surface area contributed by atoms with Crippen LogP contribution in [0.2, 0.25) is 0 Å². The van der Waals surface area contributed by atoms with Crippen LogP contribution >= 0.6 is 0 Å². The summed E-state index contributed by atoms with van der Waals surface area (Å²) in [5.41, 5.74) is 0.441. The molecule has 13 heavy (non-hydrogen) atoms. The van der Waals surface area contributed by atoms with Gasteiger partial charge in [-0.05, 0) is 12.3 Å². The molecular formula is C9H12N2O2. The lowest BCUT2D eigenvalue weighted by Gasteiger charge is -1.93. The molecule has 1 aromatic heterocycles. The molecule has 0 spiro atoms. The Kier molecular flexibility index (Phi) is 1.83. The van der Waals surface area contributed by atoms with E-state index in [1.165, 1.54) is 13.3 Å². The highest BCUT2D eigenvalue weighted by atomic mass is 16.5. The van der Waals surface area contributed by atoms with Crippen molar-refractivity contribution < 1.29 is 9.53 Å². The van der Waals surface area contributed by atoms with Gasteiger partial charge < -0.3 is 9.72 Å². The quantitative estimate of drug-likeness (QED) is 0.698. The zero-order valence-corrected chi connectivity index (χ0v) is 7.70. The number of imidazole rings is 1. The summed E-state index contributed by atoms with van der Waals surface area (Å²) in [6.07, 6.45) is 2.69. The molecule has 4 heteroatoms. The Balaban J connectivity index is 2.14. The van der Waals surface area contributed by atoms with Gasteiger partial charge in [0.1, 0.15) is 11.5 Å². The van der Waals surface area contributed by atoms with Gasteiger partial charge in [-0.15, -0.1) is 0 Å². The Bertz CT molecular complexity index is 332. The summed E-state index contributed by atoms with van der Waals surface area (Å²) in [5.74, 6) is 1.76. The van der Waals surface area contributed by atoms with E-state index in [0.29, 0.717) is 17.5 Å². The van der Waals surface area contributed by atoms with Gasteiger partial charge in [0.15, 0.2) is 0 Å². The van der Waals surface area contributed by atoms with Crippen LogP contribution in [0.4, 0.5) is 0 Å². The molecule has 1 aliphatic rings. The summed E-state index contributed by atoms with van der Waals surface area (Å²) in [5, 5.41) is 0. The largest absolute Gasteiger partial charge is 0.464 e. The minimum absolute atomic E-state index is 0.355. The van der Waals surface area contributed by atoms with E-state index in [2.05, 4.69) is 21.6 Å². The monoisotopic (exact) mass is 180 g/mol. The smallest absolute Gasteiger partial charge is 0.356 e. The van der Waals surface area contributed by atoms with E-state index in [-0.39, 0.29) is 5.97 Å². The summed E-state index contributed by atoms with van der Waals surface area (Å²) in [7, 11) is 1.36. The van der Waals surface area contributed by atoms with Gasteiger partial charge in [-0.1, -0.05) is 6.92 Å². The number of hydrogen-bond donors (Lipinski definition) is 1. The summed E-state index contributed by atoms with van der Waals surface area (Å²) in [4.78, 5) is 18.2. The third kappa shape index (κ3) is 1.43. The third-order valence-electron chi connectivity index (χ3n) is 2.46. The fourth-order valence-corrected chi connectivity index (χ4v) is 1.44. The van der Waals surface area contributed by atoms with Crippen LogP contribution in [-0.2, 0) is 4.74 Å². The van der Waals surface area contributed by atoms with E-state index in [1.807, 2.05) is 0 Å². The van der Waals surface area contributed by atoms with E-state index in [4.69, 9.17) is 0 Å². The first-order chi connectivity index (χ1) is 6.22. The van der Waals surface area contributed by atoms with E-state index in [1.54, 1.807) is 0 Å². The van der Waals surface area contributed by atoms with Crippen LogP contribution in [0, 0.1) is 5.92 Å². The normalized spacial score (nSPS) is 25.7. The van der Waals surface area contributed by atoms with Crippen LogP contribution in [0.15, 0.2) is 6.20 Å². The number of rotatable bonds is 2. The number of aromatic nitrogens is 2. The van der Waals surface area contributed by atoms with Gasteiger partial charge in [0.05, 0.1) is 13.3 Å². The van der Waals surface area contributed by atoms with Crippen molar-refractivity contribution in [3.8, 4) is 0 Å². The second-order valence-electron chi connectivity index (χ2n) is 3.49. The Morgan fingerprint density at radius 1 is 1.77 bits per heavy atom. The van der Waals surface area contributed by atoms with E-state index >= 15 is 0 Å². The Morgan fingerprint density at radius 3 is 3.00 bits per heavy atom. The first-order valence-corrected chi connectivity index (χ1v) is 4.35. The summed E-state index contributed by atoms with van der Waals surface area (Å²) >= 11 is 0. The van der Waals surface area contributed by atoms with Crippen LogP contribution in [0.1, 0.15) is 35.6 Å².